The number of hydrogen-bond donors (Lipinski definition) is 2. The predicted molar refractivity (Wildman–Crippen MR) is 91.5 cm³/mol. The lowest BCUT2D eigenvalue weighted by molar-refractivity contribution is 0.137. The fourth-order valence-corrected chi connectivity index (χ4v) is 2.03. The first kappa shape index (κ1) is 17.2. The molecule has 0 radical (unpaired) electrons. The zero-order valence-corrected chi connectivity index (χ0v) is 13.7. The maximum absolute atomic E-state index is 5.83. The van der Waals surface area contributed by atoms with E-state index < -0.39 is 0 Å². The predicted octanol–water partition coefficient (Wildman–Crippen LogP) is 2.26. The van der Waals surface area contributed by atoms with Crippen molar-refractivity contribution in [1.29, 1.82) is 0 Å². The average Bonchev–Trinajstić information content (AvgIpc) is 2.54. The molecular formula is C16H19N5O3. The second kappa shape index (κ2) is 7.93. The number of aromatic nitrogens is 2. The maximum Gasteiger partial charge on any atom is 0.233 e. The number of nitrogens with two attached hydrogens (primary N) is 1. The number of hydroxylamine groups is 1. The number of aryl methyl sites for hydroxylation is 1. The van der Waals surface area contributed by atoms with Crippen LogP contribution in [0.2, 0.25) is 0 Å². The van der Waals surface area contributed by atoms with Crippen LogP contribution in [-0.2, 0) is 9.68 Å². The van der Waals surface area contributed by atoms with E-state index in [4.69, 9.17) is 15.3 Å². The highest BCUT2D eigenvalue weighted by Gasteiger charge is 2.11. The van der Waals surface area contributed by atoms with E-state index in [1.807, 2.05) is 19.1 Å². The molecule has 0 saturated heterocycles. The van der Waals surface area contributed by atoms with Crippen molar-refractivity contribution in [2.75, 3.05) is 20.0 Å². The summed E-state index contributed by atoms with van der Waals surface area (Å²) in [5, 5.41) is 3.68. The van der Waals surface area contributed by atoms with E-state index in [-0.39, 0.29) is 11.7 Å². The van der Waals surface area contributed by atoms with Crippen LogP contribution in [0.3, 0.4) is 0 Å². The lowest BCUT2D eigenvalue weighted by Crippen LogP contribution is -2.09. The molecule has 0 fully saturated rings. The minimum absolute atomic E-state index is 0.242. The molecule has 0 aliphatic carbocycles. The summed E-state index contributed by atoms with van der Waals surface area (Å²) in [7, 11) is 2.96. The van der Waals surface area contributed by atoms with Gasteiger partial charge in [-0.3, -0.25) is 10.3 Å². The van der Waals surface area contributed by atoms with Gasteiger partial charge in [0.15, 0.2) is 0 Å². The van der Waals surface area contributed by atoms with Gasteiger partial charge in [0.25, 0.3) is 0 Å². The van der Waals surface area contributed by atoms with E-state index in [2.05, 4.69) is 32.0 Å². The van der Waals surface area contributed by atoms with Gasteiger partial charge in [-0.2, -0.15) is 0 Å². The summed E-state index contributed by atoms with van der Waals surface area (Å²) in [5.74, 6) is 1.11. The van der Waals surface area contributed by atoms with Crippen LogP contribution in [0, 0.1) is 6.92 Å². The van der Waals surface area contributed by atoms with E-state index in [1.165, 1.54) is 26.8 Å². The highest BCUT2D eigenvalue weighted by molar-refractivity contribution is 5.88. The zero-order valence-electron chi connectivity index (χ0n) is 13.7. The number of nitrogens with zero attached hydrogens (tertiary/aromatic N) is 3. The lowest BCUT2D eigenvalue weighted by atomic mass is 10.1. The summed E-state index contributed by atoms with van der Waals surface area (Å²) in [6.45, 7) is 5.84. The largest absolute Gasteiger partial charge is 0.438 e. The molecule has 24 heavy (non-hydrogen) atoms. The standard InChI is InChI=1S/C16H19N5O3/c1-10-7-12(5-6-13(10)11(2)21-23-4)24-16-14(8-20-22-3)15(17)18-9-19-16/h5-9,21H,2H2,1,3-4H3,(H2,17,18,19). The average molecular weight is 329 g/mol. The fraction of sp³-hybridized carbons (Fsp3) is 0.188. The molecule has 126 valence electrons. The quantitative estimate of drug-likeness (QED) is 0.593. The van der Waals surface area contributed by atoms with E-state index in [9.17, 15) is 0 Å². The number of benzene rings is 1. The zero-order chi connectivity index (χ0) is 17.5. The van der Waals surface area contributed by atoms with Crippen molar-refractivity contribution in [2.24, 2.45) is 5.16 Å². The first-order valence-corrected chi connectivity index (χ1v) is 7.00. The Morgan fingerprint density at radius 2 is 2.12 bits per heavy atom. The molecule has 2 aromatic rings. The number of nitrogens with one attached hydrogen (secondary N) is 1. The molecule has 0 aliphatic heterocycles. The molecule has 0 atom stereocenters. The molecule has 1 heterocycles. The van der Waals surface area contributed by atoms with Crippen molar-refractivity contribution in [2.45, 2.75) is 6.92 Å². The number of anilines is 1. The third-order valence-corrected chi connectivity index (χ3v) is 3.13. The molecule has 2 rings (SSSR count). The molecule has 1 aromatic heterocycles. The van der Waals surface area contributed by atoms with Gasteiger partial charge >= 0.3 is 0 Å². The SMILES string of the molecule is C=C(NOC)c1ccc(Oc2ncnc(N)c2C=NOC)cc1C. The van der Waals surface area contributed by atoms with Crippen LogP contribution in [0.25, 0.3) is 5.70 Å². The van der Waals surface area contributed by atoms with Gasteiger partial charge in [-0.15, -0.1) is 0 Å². The minimum Gasteiger partial charge on any atom is -0.438 e. The Morgan fingerprint density at radius 3 is 2.79 bits per heavy atom. The Balaban J connectivity index is 2.29. The molecule has 8 heteroatoms. The summed E-state index contributed by atoms with van der Waals surface area (Å²) in [5.41, 5.74) is 11.5. The number of rotatable bonds is 7. The van der Waals surface area contributed by atoms with Gasteiger partial charge in [-0.25, -0.2) is 9.97 Å². The third kappa shape index (κ3) is 3.99. The molecule has 0 amide bonds. The Kier molecular flexibility index (Phi) is 5.69. The smallest absolute Gasteiger partial charge is 0.233 e. The van der Waals surface area contributed by atoms with Crippen molar-refractivity contribution in [3.8, 4) is 11.6 Å². The number of ether oxygens (including phenoxy) is 1. The number of nitrogen functional groups attached to an aromatic ring is 1. The lowest BCUT2D eigenvalue weighted by Gasteiger charge is -2.13. The molecule has 1 aromatic carbocycles. The van der Waals surface area contributed by atoms with Crippen LogP contribution in [0.15, 0.2) is 36.3 Å². The third-order valence-electron chi connectivity index (χ3n) is 3.13. The maximum atomic E-state index is 5.83. The molecule has 0 unspecified atom stereocenters. The summed E-state index contributed by atoms with van der Waals surface area (Å²) in [6, 6.07) is 5.51. The van der Waals surface area contributed by atoms with Gasteiger partial charge in [0.05, 0.1) is 19.0 Å². The molecule has 8 nitrogen and oxygen atoms in total. The minimum atomic E-state index is 0.242. The van der Waals surface area contributed by atoms with Crippen molar-refractivity contribution >= 4 is 17.7 Å². The fourth-order valence-electron chi connectivity index (χ4n) is 2.03. The van der Waals surface area contributed by atoms with Crippen LogP contribution in [0.5, 0.6) is 11.6 Å². The number of hydrogen-bond acceptors (Lipinski definition) is 8. The van der Waals surface area contributed by atoms with Crippen LogP contribution in [0.4, 0.5) is 5.82 Å². The van der Waals surface area contributed by atoms with Crippen molar-refractivity contribution in [3.05, 3.63) is 47.8 Å². The van der Waals surface area contributed by atoms with E-state index >= 15 is 0 Å². The van der Waals surface area contributed by atoms with Gasteiger partial charge in [-0.1, -0.05) is 11.7 Å². The Labute approximate surface area is 139 Å². The molecule has 0 aliphatic rings. The van der Waals surface area contributed by atoms with Gasteiger partial charge < -0.3 is 15.3 Å². The normalized spacial score (nSPS) is 10.6. The van der Waals surface area contributed by atoms with Gasteiger partial charge in [0, 0.05) is 5.56 Å². The summed E-state index contributed by atoms with van der Waals surface area (Å²) in [6.07, 6.45) is 2.72. The van der Waals surface area contributed by atoms with E-state index in [1.54, 1.807) is 6.07 Å². The van der Waals surface area contributed by atoms with Crippen molar-refractivity contribution < 1.29 is 14.4 Å². The first-order valence-electron chi connectivity index (χ1n) is 7.00. The van der Waals surface area contributed by atoms with E-state index in [0.29, 0.717) is 17.0 Å². The molecule has 3 N–H and O–H groups in total. The van der Waals surface area contributed by atoms with Crippen molar-refractivity contribution in [1.82, 2.24) is 15.4 Å². The van der Waals surface area contributed by atoms with Gasteiger partial charge in [-0.05, 0) is 30.7 Å². The van der Waals surface area contributed by atoms with Gasteiger partial charge in [0.1, 0.15) is 30.6 Å². The highest BCUT2D eigenvalue weighted by atomic mass is 16.6. The highest BCUT2D eigenvalue weighted by Crippen LogP contribution is 2.27. The molecule has 0 saturated carbocycles. The van der Waals surface area contributed by atoms with Crippen LogP contribution < -0.4 is 16.0 Å². The topological polar surface area (TPSA) is 104 Å². The van der Waals surface area contributed by atoms with Gasteiger partial charge in [0.2, 0.25) is 5.88 Å². The monoisotopic (exact) mass is 329 g/mol. The van der Waals surface area contributed by atoms with Crippen LogP contribution >= 0.6 is 0 Å². The second-order valence-electron chi connectivity index (χ2n) is 4.76. The Bertz CT molecular complexity index is 761. The first-order chi connectivity index (χ1) is 11.6. The van der Waals surface area contributed by atoms with Crippen molar-refractivity contribution in [3.63, 3.8) is 0 Å². The number of oxime groups is 1. The van der Waals surface area contributed by atoms with Crippen LogP contribution in [-0.4, -0.2) is 30.4 Å². The Morgan fingerprint density at radius 1 is 1.33 bits per heavy atom. The molecule has 0 bridgehead atoms. The summed E-state index contributed by atoms with van der Waals surface area (Å²) >= 11 is 0. The van der Waals surface area contributed by atoms with Crippen LogP contribution in [0.1, 0.15) is 16.7 Å². The summed E-state index contributed by atoms with van der Waals surface area (Å²) < 4.78 is 5.80. The molecule has 0 spiro atoms. The second-order valence-corrected chi connectivity index (χ2v) is 4.76. The summed E-state index contributed by atoms with van der Waals surface area (Å²) in [4.78, 5) is 17.5. The van der Waals surface area contributed by atoms with E-state index in [0.717, 1.165) is 11.1 Å². The Hall–Kier alpha value is -3.13. The molecular weight excluding hydrogens is 310 g/mol.